The van der Waals surface area contributed by atoms with Gasteiger partial charge in [-0.05, 0) is 25.1 Å². The van der Waals surface area contributed by atoms with E-state index in [-0.39, 0.29) is 5.92 Å². The lowest BCUT2D eigenvalue weighted by atomic mass is 10.00. The van der Waals surface area contributed by atoms with Gasteiger partial charge in [0.2, 0.25) is 0 Å². The van der Waals surface area contributed by atoms with Gasteiger partial charge in [-0.15, -0.1) is 6.58 Å². The van der Waals surface area contributed by atoms with Crippen molar-refractivity contribution in [3.05, 3.63) is 36.4 Å². The fourth-order valence-corrected chi connectivity index (χ4v) is 1.42. The molecule has 0 aromatic heterocycles. The molecule has 0 aliphatic heterocycles. The van der Waals surface area contributed by atoms with Crippen LogP contribution in [0, 0.1) is 0 Å². The molecule has 1 aromatic rings. The SMILES string of the molecule is C=CC(C)c1cc(OC)ccc1OCC. The van der Waals surface area contributed by atoms with Gasteiger partial charge in [0, 0.05) is 11.5 Å². The van der Waals surface area contributed by atoms with Crippen LogP contribution in [-0.4, -0.2) is 13.7 Å². The molecule has 0 aliphatic rings. The molecule has 1 unspecified atom stereocenters. The van der Waals surface area contributed by atoms with E-state index in [9.17, 15) is 0 Å². The monoisotopic (exact) mass is 206 g/mol. The summed E-state index contributed by atoms with van der Waals surface area (Å²) in [6, 6.07) is 5.85. The molecule has 0 aliphatic carbocycles. The van der Waals surface area contributed by atoms with Gasteiger partial charge in [0.15, 0.2) is 0 Å². The molecular weight excluding hydrogens is 188 g/mol. The van der Waals surface area contributed by atoms with Crippen molar-refractivity contribution >= 4 is 0 Å². The summed E-state index contributed by atoms with van der Waals surface area (Å²) in [4.78, 5) is 0. The summed E-state index contributed by atoms with van der Waals surface area (Å²) in [5.74, 6) is 2.02. The normalized spacial score (nSPS) is 11.9. The molecule has 82 valence electrons. The molecule has 1 rings (SSSR count). The third-order valence-corrected chi connectivity index (χ3v) is 2.36. The summed E-state index contributed by atoms with van der Waals surface area (Å²) in [6.07, 6.45) is 1.90. The van der Waals surface area contributed by atoms with E-state index in [0.717, 1.165) is 17.1 Å². The molecule has 0 radical (unpaired) electrons. The molecular formula is C13H18O2. The van der Waals surface area contributed by atoms with Crippen LogP contribution < -0.4 is 9.47 Å². The van der Waals surface area contributed by atoms with Crippen molar-refractivity contribution in [2.75, 3.05) is 13.7 Å². The summed E-state index contributed by atoms with van der Waals surface area (Å²) in [6.45, 7) is 8.53. The van der Waals surface area contributed by atoms with E-state index < -0.39 is 0 Å². The van der Waals surface area contributed by atoms with Crippen molar-refractivity contribution < 1.29 is 9.47 Å². The minimum Gasteiger partial charge on any atom is -0.497 e. The molecule has 0 saturated heterocycles. The zero-order chi connectivity index (χ0) is 11.3. The van der Waals surface area contributed by atoms with Crippen LogP contribution in [0.15, 0.2) is 30.9 Å². The van der Waals surface area contributed by atoms with Gasteiger partial charge in [0.05, 0.1) is 13.7 Å². The molecule has 0 amide bonds. The van der Waals surface area contributed by atoms with Gasteiger partial charge in [-0.2, -0.15) is 0 Å². The van der Waals surface area contributed by atoms with E-state index in [2.05, 4.69) is 13.5 Å². The van der Waals surface area contributed by atoms with Gasteiger partial charge in [0.25, 0.3) is 0 Å². The molecule has 15 heavy (non-hydrogen) atoms. The second-order valence-electron chi connectivity index (χ2n) is 3.36. The van der Waals surface area contributed by atoms with E-state index in [4.69, 9.17) is 9.47 Å². The molecule has 0 heterocycles. The highest BCUT2D eigenvalue weighted by molar-refractivity contribution is 5.43. The van der Waals surface area contributed by atoms with E-state index in [1.165, 1.54) is 0 Å². The Morgan fingerprint density at radius 1 is 1.47 bits per heavy atom. The number of hydrogen-bond acceptors (Lipinski definition) is 2. The number of rotatable bonds is 5. The van der Waals surface area contributed by atoms with E-state index in [0.29, 0.717) is 6.61 Å². The molecule has 0 bridgehead atoms. The highest BCUT2D eigenvalue weighted by Gasteiger charge is 2.09. The van der Waals surface area contributed by atoms with Gasteiger partial charge >= 0.3 is 0 Å². The molecule has 1 atom stereocenters. The fourth-order valence-electron chi connectivity index (χ4n) is 1.42. The predicted molar refractivity (Wildman–Crippen MR) is 62.8 cm³/mol. The average molecular weight is 206 g/mol. The maximum absolute atomic E-state index is 5.56. The van der Waals surface area contributed by atoms with Gasteiger partial charge < -0.3 is 9.47 Å². The molecule has 2 nitrogen and oxygen atoms in total. The van der Waals surface area contributed by atoms with Crippen LogP contribution in [0.1, 0.15) is 25.3 Å². The second kappa shape index (κ2) is 5.44. The van der Waals surface area contributed by atoms with Crippen molar-refractivity contribution in [1.82, 2.24) is 0 Å². The highest BCUT2D eigenvalue weighted by Crippen LogP contribution is 2.31. The van der Waals surface area contributed by atoms with Crippen molar-refractivity contribution in [2.24, 2.45) is 0 Å². The summed E-state index contributed by atoms with van der Waals surface area (Å²) >= 11 is 0. The first kappa shape index (κ1) is 11.6. The summed E-state index contributed by atoms with van der Waals surface area (Å²) in [7, 11) is 1.66. The van der Waals surface area contributed by atoms with Crippen molar-refractivity contribution in [1.29, 1.82) is 0 Å². The van der Waals surface area contributed by atoms with Gasteiger partial charge in [-0.3, -0.25) is 0 Å². The Kier molecular flexibility index (Phi) is 4.22. The lowest BCUT2D eigenvalue weighted by molar-refractivity contribution is 0.334. The van der Waals surface area contributed by atoms with Gasteiger partial charge in [0.1, 0.15) is 11.5 Å². The quantitative estimate of drug-likeness (QED) is 0.687. The van der Waals surface area contributed by atoms with Gasteiger partial charge in [-0.1, -0.05) is 13.0 Å². The molecule has 1 aromatic carbocycles. The summed E-state index contributed by atoms with van der Waals surface area (Å²) in [5.41, 5.74) is 1.12. The molecule has 0 fully saturated rings. The first-order valence-electron chi connectivity index (χ1n) is 5.16. The van der Waals surface area contributed by atoms with Crippen LogP contribution in [0.25, 0.3) is 0 Å². The number of hydrogen-bond donors (Lipinski definition) is 0. The molecule has 0 spiro atoms. The third kappa shape index (κ3) is 2.75. The predicted octanol–water partition coefficient (Wildman–Crippen LogP) is 3.38. The third-order valence-electron chi connectivity index (χ3n) is 2.36. The number of ether oxygens (including phenoxy) is 2. The lowest BCUT2D eigenvalue weighted by Gasteiger charge is -2.14. The molecule has 2 heteroatoms. The van der Waals surface area contributed by atoms with Crippen molar-refractivity contribution in [3.8, 4) is 11.5 Å². The fraction of sp³-hybridized carbons (Fsp3) is 0.385. The maximum Gasteiger partial charge on any atom is 0.123 e. The van der Waals surface area contributed by atoms with E-state index >= 15 is 0 Å². The number of allylic oxidation sites excluding steroid dienone is 1. The van der Waals surface area contributed by atoms with Crippen LogP contribution in [0.4, 0.5) is 0 Å². The van der Waals surface area contributed by atoms with E-state index in [1.807, 2.05) is 31.2 Å². The Labute approximate surface area is 91.5 Å². The molecule has 0 N–H and O–H groups in total. The maximum atomic E-state index is 5.56. The van der Waals surface area contributed by atoms with Crippen LogP contribution in [0.3, 0.4) is 0 Å². The van der Waals surface area contributed by atoms with Crippen molar-refractivity contribution in [3.63, 3.8) is 0 Å². The highest BCUT2D eigenvalue weighted by atomic mass is 16.5. The van der Waals surface area contributed by atoms with Gasteiger partial charge in [-0.25, -0.2) is 0 Å². The van der Waals surface area contributed by atoms with Crippen LogP contribution in [-0.2, 0) is 0 Å². The van der Waals surface area contributed by atoms with Crippen LogP contribution >= 0.6 is 0 Å². The van der Waals surface area contributed by atoms with Crippen LogP contribution in [0.5, 0.6) is 11.5 Å². The lowest BCUT2D eigenvalue weighted by Crippen LogP contribution is -1.99. The summed E-state index contributed by atoms with van der Waals surface area (Å²) < 4.78 is 10.7. The number of benzene rings is 1. The Morgan fingerprint density at radius 2 is 2.20 bits per heavy atom. The summed E-state index contributed by atoms with van der Waals surface area (Å²) in [5, 5.41) is 0. The zero-order valence-electron chi connectivity index (χ0n) is 9.62. The minimum absolute atomic E-state index is 0.265. The Balaban J connectivity index is 3.09. The number of methoxy groups -OCH3 is 1. The average Bonchev–Trinajstić information content (AvgIpc) is 2.29. The van der Waals surface area contributed by atoms with Crippen molar-refractivity contribution in [2.45, 2.75) is 19.8 Å². The Morgan fingerprint density at radius 3 is 2.73 bits per heavy atom. The van der Waals surface area contributed by atoms with E-state index in [1.54, 1.807) is 7.11 Å². The first-order valence-corrected chi connectivity index (χ1v) is 5.16. The minimum atomic E-state index is 0.265. The van der Waals surface area contributed by atoms with Crippen LogP contribution in [0.2, 0.25) is 0 Å². The Bertz CT molecular complexity index is 331. The second-order valence-corrected chi connectivity index (χ2v) is 3.36. The zero-order valence-corrected chi connectivity index (χ0v) is 9.62. The Hall–Kier alpha value is -1.44. The topological polar surface area (TPSA) is 18.5 Å². The molecule has 0 saturated carbocycles. The first-order chi connectivity index (χ1) is 7.22. The smallest absolute Gasteiger partial charge is 0.123 e. The standard InChI is InChI=1S/C13H18O2/c1-5-10(3)12-9-11(14-4)7-8-13(12)15-6-2/h5,7-10H,1,6H2,2-4H3. The largest absolute Gasteiger partial charge is 0.497 e.